The van der Waals surface area contributed by atoms with E-state index in [1.807, 2.05) is 77.9 Å². The maximum atomic E-state index is 13.2. The Balaban J connectivity index is 0.000000208. The smallest absolute Gasteiger partial charge is 0.248 e. The van der Waals surface area contributed by atoms with Crippen LogP contribution in [0.4, 0.5) is 0 Å². The fourth-order valence-electron chi connectivity index (χ4n) is 7.24. The fraction of sp³-hybridized carbons (Fsp3) is 0.318. The first-order chi connectivity index (χ1) is 25.3. The van der Waals surface area contributed by atoms with Crippen LogP contribution in [0.1, 0.15) is 78.6 Å². The van der Waals surface area contributed by atoms with Crippen LogP contribution in [0.2, 0.25) is 0 Å². The van der Waals surface area contributed by atoms with Crippen LogP contribution in [0, 0.1) is 0 Å². The topological polar surface area (TPSA) is 133 Å². The molecule has 0 radical (unpaired) electrons. The second-order valence-corrected chi connectivity index (χ2v) is 15.9. The first-order valence-electron chi connectivity index (χ1n) is 17.9. The van der Waals surface area contributed by atoms with Crippen LogP contribution in [-0.4, -0.2) is 67.2 Å². The van der Waals surface area contributed by atoms with Gasteiger partial charge in [0.2, 0.25) is 23.6 Å². The van der Waals surface area contributed by atoms with Gasteiger partial charge in [-0.25, -0.2) is 0 Å². The number of rotatable bonds is 6. The lowest BCUT2D eigenvalue weighted by Gasteiger charge is -2.42. The van der Waals surface area contributed by atoms with Gasteiger partial charge in [0, 0.05) is 23.2 Å². The molecular weight excluding hydrogens is 681 g/mol. The van der Waals surface area contributed by atoms with E-state index >= 15 is 0 Å². The van der Waals surface area contributed by atoms with Gasteiger partial charge in [0.1, 0.15) is 23.2 Å². The van der Waals surface area contributed by atoms with Crippen molar-refractivity contribution in [1.82, 2.24) is 20.4 Å². The Hall–Kier alpha value is -5.90. The molecule has 10 heteroatoms. The number of allylic oxidation sites excluding steroid dienone is 4. The molecule has 2 aliphatic carbocycles. The number of carbonyl (C=O) groups is 6. The maximum absolute atomic E-state index is 13.2. The first kappa shape index (κ1) is 39.3. The van der Waals surface area contributed by atoms with Crippen molar-refractivity contribution >= 4 is 35.2 Å². The Morgan fingerprint density at radius 3 is 1.19 bits per heavy atom. The second-order valence-electron chi connectivity index (χ2n) is 15.9. The van der Waals surface area contributed by atoms with E-state index in [4.69, 9.17) is 0 Å². The molecular formula is C44H48N4O6. The van der Waals surface area contributed by atoms with Gasteiger partial charge in [-0.3, -0.25) is 28.8 Å². The van der Waals surface area contributed by atoms with Crippen LogP contribution in [0.5, 0.6) is 0 Å². The number of amides is 4. The fourth-order valence-corrected chi connectivity index (χ4v) is 7.24. The minimum absolute atomic E-state index is 0.228. The van der Waals surface area contributed by atoms with Gasteiger partial charge in [0.15, 0.2) is 11.6 Å². The molecule has 0 saturated carbocycles. The standard InChI is InChI=1S/2C22H24N2O3/c2*1-15-14-18(26)24(22(15)13-9-8-12-17(22)25)19(16-10-6-5-7-11-16)20(27)23-21(2,3)4/h2*5-14,19H,1-4H3,(H,23,27)/t2*19-,22-/m10/s1. The van der Waals surface area contributed by atoms with Gasteiger partial charge < -0.3 is 20.4 Å². The third-order valence-electron chi connectivity index (χ3n) is 9.50. The van der Waals surface area contributed by atoms with E-state index in [1.165, 1.54) is 34.1 Å². The SMILES string of the molecule is CC1=CC(=O)N([C@@H](C(=O)NC(C)(C)C)c2ccccc2)[C@]12C=CC=CC2=O.CC1=CC(=O)N([C@H](C(=O)NC(C)(C)C)c2ccccc2)[C@@]12C=CC=CC2=O. The number of carbonyl (C=O) groups excluding carboxylic acids is 6. The van der Waals surface area contributed by atoms with Crippen molar-refractivity contribution in [3.63, 3.8) is 0 Å². The molecule has 0 fully saturated rings. The first-order valence-corrected chi connectivity index (χ1v) is 17.9. The molecule has 2 aliphatic heterocycles. The summed E-state index contributed by atoms with van der Waals surface area (Å²) in [6.07, 6.45) is 16.0. The number of benzene rings is 2. The van der Waals surface area contributed by atoms with Gasteiger partial charge in [0.25, 0.3) is 0 Å². The molecule has 4 aliphatic rings. The van der Waals surface area contributed by atoms with Gasteiger partial charge in [-0.1, -0.05) is 85.0 Å². The van der Waals surface area contributed by atoms with Crippen LogP contribution in [0.15, 0.2) is 133 Å². The summed E-state index contributed by atoms with van der Waals surface area (Å²) < 4.78 is 0. The Bertz CT molecular complexity index is 1900. The normalized spacial score (nSPS) is 23.0. The van der Waals surface area contributed by atoms with E-state index < -0.39 is 34.2 Å². The molecule has 0 saturated heterocycles. The lowest BCUT2D eigenvalue weighted by atomic mass is 9.82. The van der Waals surface area contributed by atoms with Crippen molar-refractivity contribution in [2.75, 3.05) is 0 Å². The Kier molecular flexibility index (Phi) is 10.8. The number of nitrogens with one attached hydrogen (secondary N) is 2. The van der Waals surface area contributed by atoms with Crippen molar-refractivity contribution in [2.45, 2.75) is 89.6 Å². The molecule has 4 atom stereocenters. The maximum Gasteiger partial charge on any atom is 0.248 e. The Labute approximate surface area is 317 Å². The molecule has 0 unspecified atom stereocenters. The van der Waals surface area contributed by atoms with Crippen molar-refractivity contribution in [2.24, 2.45) is 0 Å². The second kappa shape index (κ2) is 14.9. The summed E-state index contributed by atoms with van der Waals surface area (Å²) in [4.78, 5) is 81.1. The van der Waals surface area contributed by atoms with E-state index in [1.54, 1.807) is 74.6 Å². The average molecular weight is 729 g/mol. The van der Waals surface area contributed by atoms with E-state index in [-0.39, 0.29) is 35.2 Å². The van der Waals surface area contributed by atoms with Crippen LogP contribution in [0.3, 0.4) is 0 Å². The Morgan fingerprint density at radius 1 is 0.556 bits per heavy atom. The summed E-state index contributed by atoms with van der Waals surface area (Å²) in [7, 11) is 0. The lowest BCUT2D eigenvalue weighted by Crippen LogP contribution is -2.58. The number of hydrogen-bond acceptors (Lipinski definition) is 6. The molecule has 2 heterocycles. The highest BCUT2D eigenvalue weighted by Crippen LogP contribution is 2.43. The van der Waals surface area contributed by atoms with Gasteiger partial charge in [-0.05, 0) is 102 Å². The molecule has 4 amide bonds. The monoisotopic (exact) mass is 728 g/mol. The third-order valence-corrected chi connectivity index (χ3v) is 9.50. The van der Waals surface area contributed by atoms with Crippen molar-refractivity contribution in [3.05, 3.63) is 144 Å². The quantitative estimate of drug-likeness (QED) is 0.391. The summed E-state index contributed by atoms with van der Waals surface area (Å²) in [5.41, 5.74) is -0.936. The highest BCUT2D eigenvalue weighted by atomic mass is 16.2. The molecule has 6 rings (SSSR count). The van der Waals surface area contributed by atoms with E-state index in [0.717, 1.165) is 0 Å². The lowest BCUT2D eigenvalue weighted by molar-refractivity contribution is -0.144. The van der Waals surface area contributed by atoms with E-state index in [2.05, 4.69) is 10.6 Å². The summed E-state index contributed by atoms with van der Waals surface area (Å²) >= 11 is 0. The molecule has 2 spiro atoms. The van der Waals surface area contributed by atoms with E-state index in [9.17, 15) is 28.8 Å². The zero-order valence-electron chi connectivity index (χ0n) is 32.0. The summed E-state index contributed by atoms with van der Waals surface area (Å²) in [6.45, 7) is 14.8. The highest BCUT2D eigenvalue weighted by Gasteiger charge is 2.55. The summed E-state index contributed by atoms with van der Waals surface area (Å²) in [5, 5.41) is 5.91. The van der Waals surface area contributed by atoms with Crippen LogP contribution < -0.4 is 10.6 Å². The molecule has 0 aromatic heterocycles. The minimum Gasteiger partial charge on any atom is -0.349 e. The zero-order valence-corrected chi connectivity index (χ0v) is 32.0. The average Bonchev–Trinajstić information content (AvgIpc) is 3.47. The van der Waals surface area contributed by atoms with Gasteiger partial charge in [-0.15, -0.1) is 0 Å². The molecule has 10 nitrogen and oxygen atoms in total. The number of ketones is 2. The summed E-state index contributed by atoms with van der Waals surface area (Å²) in [5.74, 6) is -1.79. The third kappa shape index (κ3) is 7.46. The van der Waals surface area contributed by atoms with Crippen LogP contribution in [-0.2, 0) is 28.8 Å². The van der Waals surface area contributed by atoms with Crippen LogP contribution >= 0.6 is 0 Å². The summed E-state index contributed by atoms with van der Waals surface area (Å²) in [6, 6.07) is 16.3. The molecule has 2 aromatic carbocycles. The van der Waals surface area contributed by atoms with Crippen molar-refractivity contribution in [1.29, 1.82) is 0 Å². The molecule has 0 bridgehead atoms. The minimum atomic E-state index is -1.26. The highest BCUT2D eigenvalue weighted by molar-refractivity contribution is 6.13. The van der Waals surface area contributed by atoms with Crippen molar-refractivity contribution in [3.8, 4) is 0 Å². The molecule has 2 N–H and O–H groups in total. The number of nitrogens with zero attached hydrogens (tertiary/aromatic N) is 2. The Morgan fingerprint density at radius 2 is 0.889 bits per heavy atom. The molecule has 2 aromatic rings. The van der Waals surface area contributed by atoms with Gasteiger partial charge in [-0.2, -0.15) is 0 Å². The van der Waals surface area contributed by atoms with Crippen molar-refractivity contribution < 1.29 is 28.8 Å². The van der Waals surface area contributed by atoms with Gasteiger partial charge >= 0.3 is 0 Å². The zero-order chi connectivity index (χ0) is 39.6. The largest absolute Gasteiger partial charge is 0.349 e. The van der Waals surface area contributed by atoms with E-state index in [0.29, 0.717) is 22.3 Å². The van der Waals surface area contributed by atoms with Crippen LogP contribution in [0.25, 0.3) is 0 Å². The number of hydrogen-bond donors (Lipinski definition) is 2. The van der Waals surface area contributed by atoms with Gasteiger partial charge in [0.05, 0.1) is 0 Å². The molecule has 280 valence electrons. The predicted molar refractivity (Wildman–Crippen MR) is 207 cm³/mol. The molecule has 54 heavy (non-hydrogen) atoms. The predicted octanol–water partition coefficient (Wildman–Crippen LogP) is 5.73.